The number of anilines is 1. The van der Waals surface area contributed by atoms with Crippen LogP contribution in [0.25, 0.3) is 0 Å². The largest absolute Gasteiger partial charge is 0.322 e. The first kappa shape index (κ1) is 17.4. The molecule has 0 saturated heterocycles. The lowest BCUT2D eigenvalue weighted by molar-refractivity contribution is 0.102. The summed E-state index contributed by atoms with van der Waals surface area (Å²) in [5.74, 6) is -0.217. The van der Waals surface area contributed by atoms with Gasteiger partial charge in [0.2, 0.25) is 0 Å². The fourth-order valence-corrected chi connectivity index (χ4v) is 2.91. The minimum atomic E-state index is -0.217. The summed E-state index contributed by atoms with van der Waals surface area (Å²) in [5, 5.41) is 16.4. The van der Waals surface area contributed by atoms with Crippen LogP contribution in [0.1, 0.15) is 38.4 Å². The molecule has 130 valence electrons. The summed E-state index contributed by atoms with van der Waals surface area (Å²) in [6.07, 6.45) is 0. The highest BCUT2D eigenvalue weighted by Gasteiger charge is 2.19. The number of benzene rings is 2. The van der Waals surface area contributed by atoms with Crippen molar-refractivity contribution in [3.63, 3.8) is 0 Å². The summed E-state index contributed by atoms with van der Waals surface area (Å²) in [5.41, 5.74) is 5.52. The Bertz CT molecular complexity index is 994. The molecule has 5 heteroatoms. The lowest BCUT2D eigenvalue weighted by atomic mass is 10.1. The Kier molecular flexibility index (Phi) is 4.85. The molecule has 0 aliphatic carbocycles. The van der Waals surface area contributed by atoms with E-state index in [4.69, 9.17) is 5.26 Å². The number of aromatic nitrogens is 2. The van der Waals surface area contributed by atoms with Crippen LogP contribution >= 0.6 is 0 Å². The molecule has 0 aliphatic heterocycles. The van der Waals surface area contributed by atoms with Gasteiger partial charge in [0.25, 0.3) is 5.91 Å². The van der Waals surface area contributed by atoms with Crippen molar-refractivity contribution in [1.82, 2.24) is 9.78 Å². The number of carbonyl (C=O) groups excluding carboxylic acids is 1. The van der Waals surface area contributed by atoms with Crippen molar-refractivity contribution in [1.29, 1.82) is 5.26 Å². The van der Waals surface area contributed by atoms with Crippen molar-refractivity contribution in [2.24, 2.45) is 0 Å². The predicted octanol–water partition coefficient (Wildman–Crippen LogP) is 3.98. The number of carbonyl (C=O) groups is 1. The van der Waals surface area contributed by atoms with Gasteiger partial charge >= 0.3 is 0 Å². The third-order valence-corrected chi connectivity index (χ3v) is 4.31. The molecular weight excluding hydrogens is 324 g/mol. The number of nitrogens with zero attached hydrogens (tertiary/aromatic N) is 3. The van der Waals surface area contributed by atoms with Gasteiger partial charge in [0.05, 0.1) is 29.4 Å². The molecule has 0 fully saturated rings. The SMILES string of the molecule is Cc1ccc(Cn2nc(C)c(C(=O)Nc3cccc(C#N)c3)c2C)cc1. The summed E-state index contributed by atoms with van der Waals surface area (Å²) in [7, 11) is 0. The quantitative estimate of drug-likeness (QED) is 0.778. The van der Waals surface area contributed by atoms with Crippen LogP contribution in [0.5, 0.6) is 0 Å². The normalized spacial score (nSPS) is 10.4. The highest BCUT2D eigenvalue weighted by Crippen LogP contribution is 2.18. The van der Waals surface area contributed by atoms with Gasteiger partial charge in [0, 0.05) is 11.4 Å². The lowest BCUT2D eigenvalue weighted by Crippen LogP contribution is -2.14. The second-order valence-corrected chi connectivity index (χ2v) is 6.34. The van der Waals surface area contributed by atoms with Crippen LogP contribution in [0.15, 0.2) is 48.5 Å². The van der Waals surface area contributed by atoms with Crippen LogP contribution in [-0.2, 0) is 6.54 Å². The minimum absolute atomic E-state index is 0.217. The highest BCUT2D eigenvalue weighted by atomic mass is 16.1. The van der Waals surface area contributed by atoms with Crippen molar-refractivity contribution >= 4 is 11.6 Å². The maximum absolute atomic E-state index is 12.7. The monoisotopic (exact) mass is 344 g/mol. The summed E-state index contributed by atoms with van der Waals surface area (Å²) >= 11 is 0. The number of rotatable bonds is 4. The van der Waals surface area contributed by atoms with Crippen LogP contribution in [0, 0.1) is 32.1 Å². The van der Waals surface area contributed by atoms with Crippen molar-refractivity contribution < 1.29 is 4.79 Å². The van der Waals surface area contributed by atoms with Gasteiger partial charge in [-0.15, -0.1) is 0 Å². The predicted molar refractivity (Wildman–Crippen MR) is 101 cm³/mol. The zero-order chi connectivity index (χ0) is 18.7. The van der Waals surface area contributed by atoms with Crippen LogP contribution < -0.4 is 5.32 Å². The van der Waals surface area contributed by atoms with Gasteiger partial charge in [0.1, 0.15) is 0 Å². The molecule has 0 bridgehead atoms. The first-order valence-electron chi connectivity index (χ1n) is 8.39. The smallest absolute Gasteiger partial charge is 0.259 e. The Labute approximate surface area is 152 Å². The van der Waals surface area contributed by atoms with E-state index in [1.807, 2.05) is 18.5 Å². The van der Waals surface area contributed by atoms with E-state index >= 15 is 0 Å². The fraction of sp³-hybridized carbons (Fsp3) is 0.190. The standard InChI is InChI=1S/C21H20N4O/c1-14-7-9-17(10-8-14)13-25-16(3)20(15(2)24-25)21(26)23-19-6-4-5-18(11-19)12-22/h4-11H,13H2,1-3H3,(H,23,26). The molecule has 2 aromatic carbocycles. The molecule has 3 rings (SSSR count). The van der Waals surface area contributed by atoms with E-state index in [2.05, 4.69) is 47.7 Å². The molecular formula is C21H20N4O. The van der Waals surface area contributed by atoms with Crippen LogP contribution in [0.3, 0.4) is 0 Å². The molecule has 0 radical (unpaired) electrons. The van der Waals surface area contributed by atoms with Gasteiger partial charge in [0.15, 0.2) is 0 Å². The van der Waals surface area contributed by atoms with Gasteiger partial charge < -0.3 is 5.32 Å². The van der Waals surface area contributed by atoms with E-state index < -0.39 is 0 Å². The molecule has 1 N–H and O–H groups in total. The first-order chi connectivity index (χ1) is 12.5. The van der Waals surface area contributed by atoms with E-state index in [1.54, 1.807) is 24.3 Å². The minimum Gasteiger partial charge on any atom is -0.322 e. The number of aryl methyl sites for hydroxylation is 2. The summed E-state index contributed by atoms with van der Waals surface area (Å²) in [6, 6.07) is 17.2. The molecule has 0 aliphatic rings. The molecule has 1 amide bonds. The molecule has 0 saturated carbocycles. The Morgan fingerprint density at radius 2 is 1.88 bits per heavy atom. The number of nitrogens with one attached hydrogen (secondary N) is 1. The maximum atomic E-state index is 12.7. The zero-order valence-corrected chi connectivity index (χ0v) is 15.1. The Hall–Kier alpha value is -3.39. The Morgan fingerprint density at radius 3 is 2.58 bits per heavy atom. The first-order valence-corrected chi connectivity index (χ1v) is 8.39. The number of hydrogen-bond acceptors (Lipinski definition) is 3. The van der Waals surface area contributed by atoms with Gasteiger partial charge in [-0.25, -0.2) is 0 Å². The highest BCUT2D eigenvalue weighted by molar-refractivity contribution is 6.05. The Morgan fingerprint density at radius 1 is 1.15 bits per heavy atom. The number of hydrogen-bond donors (Lipinski definition) is 1. The van der Waals surface area contributed by atoms with Crippen LogP contribution in [-0.4, -0.2) is 15.7 Å². The van der Waals surface area contributed by atoms with E-state index in [-0.39, 0.29) is 5.91 Å². The van der Waals surface area contributed by atoms with Crippen molar-refractivity contribution in [3.8, 4) is 6.07 Å². The molecule has 26 heavy (non-hydrogen) atoms. The van der Waals surface area contributed by atoms with Gasteiger partial charge in [-0.05, 0) is 44.5 Å². The third kappa shape index (κ3) is 3.65. The van der Waals surface area contributed by atoms with Crippen LogP contribution in [0.2, 0.25) is 0 Å². The molecule has 1 heterocycles. The summed E-state index contributed by atoms with van der Waals surface area (Å²) in [4.78, 5) is 12.7. The topological polar surface area (TPSA) is 70.7 Å². The molecule has 5 nitrogen and oxygen atoms in total. The third-order valence-electron chi connectivity index (χ3n) is 4.31. The van der Waals surface area contributed by atoms with Gasteiger partial charge in [-0.1, -0.05) is 35.9 Å². The molecule has 3 aromatic rings. The summed E-state index contributed by atoms with van der Waals surface area (Å²) < 4.78 is 1.85. The molecule has 0 spiro atoms. The summed E-state index contributed by atoms with van der Waals surface area (Å²) in [6.45, 7) is 6.40. The van der Waals surface area contributed by atoms with E-state index in [0.717, 1.165) is 11.3 Å². The second kappa shape index (κ2) is 7.24. The van der Waals surface area contributed by atoms with E-state index in [9.17, 15) is 4.79 Å². The molecule has 0 atom stereocenters. The van der Waals surface area contributed by atoms with Crippen LogP contribution in [0.4, 0.5) is 5.69 Å². The second-order valence-electron chi connectivity index (χ2n) is 6.34. The van der Waals surface area contributed by atoms with Gasteiger partial charge in [-0.2, -0.15) is 10.4 Å². The van der Waals surface area contributed by atoms with E-state index in [1.165, 1.54) is 5.56 Å². The maximum Gasteiger partial charge on any atom is 0.259 e. The average Bonchev–Trinajstić information content (AvgIpc) is 2.90. The number of nitriles is 1. The molecule has 0 unspecified atom stereocenters. The Balaban J connectivity index is 1.83. The lowest BCUT2D eigenvalue weighted by Gasteiger charge is -2.07. The fourth-order valence-electron chi connectivity index (χ4n) is 2.91. The zero-order valence-electron chi connectivity index (χ0n) is 15.1. The van der Waals surface area contributed by atoms with E-state index in [0.29, 0.717) is 29.1 Å². The number of amides is 1. The van der Waals surface area contributed by atoms with Crippen molar-refractivity contribution in [3.05, 3.63) is 82.2 Å². The van der Waals surface area contributed by atoms with Crippen molar-refractivity contribution in [2.45, 2.75) is 27.3 Å². The van der Waals surface area contributed by atoms with Crippen molar-refractivity contribution in [2.75, 3.05) is 5.32 Å². The van der Waals surface area contributed by atoms with Gasteiger partial charge in [-0.3, -0.25) is 9.48 Å². The molecule has 1 aromatic heterocycles. The average molecular weight is 344 g/mol.